The Labute approximate surface area is 82.5 Å². The van der Waals surface area contributed by atoms with Crippen LogP contribution in [0.5, 0.6) is 0 Å². The maximum atomic E-state index is 5.83. The molecule has 78 valence electrons. The highest BCUT2D eigenvalue weighted by atomic mass is 15.2. The molecule has 2 nitrogen and oxygen atoms in total. The van der Waals surface area contributed by atoms with Crippen molar-refractivity contribution >= 4 is 0 Å². The molecule has 2 N–H and O–H groups in total. The van der Waals surface area contributed by atoms with Gasteiger partial charge in [0.05, 0.1) is 0 Å². The first-order valence-corrected chi connectivity index (χ1v) is 5.56. The molecule has 1 saturated heterocycles. The van der Waals surface area contributed by atoms with Crippen LogP contribution >= 0.6 is 0 Å². The van der Waals surface area contributed by atoms with Crippen LogP contribution in [0.25, 0.3) is 0 Å². The average Bonchev–Trinajstić information content (AvgIpc) is 2.18. The third kappa shape index (κ3) is 2.44. The lowest BCUT2D eigenvalue weighted by atomic mass is 9.79. The molecule has 0 bridgehead atoms. The highest BCUT2D eigenvalue weighted by molar-refractivity contribution is 4.89. The maximum absolute atomic E-state index is 5.83. The van der Waals surface area contributed by atoms with Crippen molar-refractivity contribution < 1.29 is 0 Å². The number of nitrogens with zero attached hydrogens (tertiary/aromatic N) is 1. The number of hydrogen-bond donors (Lipinski definition) is 1. The molecule has 1 heterocycles. The van der Waals surface area contributed by atoms with Crippen LogP contribution in [0, 0.1) is 5.41 Å². The molecule has 0 aromatic heterocycles. The summed E-state index contributed by atoms with van der Waals surface area (Å²) in [5, 5.41) is 0. The molecule has 0 spiro atoms. The Hall–Kier alpha value is -0.0800. The molecule has 1 rings (SSSR count). The molecule has 0 radical (unpaired) electrons. The summed E-state index contributed by atoms with van der Waals surface area (Å²) < 4.78 is 0. The van der Waals surface area contributed by atoms with E-state index >= 15 is 0 Å². The standard InChI is InChI=1S/C11H24N2/c1-4-13-8-6-5-7-10(13)11(2,3)9-12/h10H,4-9,12H2,1-3H3. The Morgan fingerprint density at radius 2 is 2.08 bits per heavy atom. The van der Waals surface area contributed by atoms with Crippen molar-refractivity contribution in [3.8, 4) is 0 Å². The molecule has 0 aliphatic carbocycles. The fraction of sp³-hybridized carbons (Fsp3) is 1.00. The molecular weight excluding hydrogens is 160 g/mol. The van der Waals surface area contributed by atoms with Gasteiger partial charge in [0.2, 0.25) is 0 Å². The molecule has 1 aliphatic heterocycles. The van der Waals surface area contributed by atoms with Gasteiger partial charge in [-0.15, -0.1) is 0 Å². The van der Waals surface area contributed by atoms with Crippen molar-refractivity contribution in [1.82, 2.24) is 4.90 Å². The lowest BCUT2D eigenvalue weighted by molar-refractivity contribution is 0.0629. The van der Waals surface area contributed by atoms with Crippen LogP contribution in [-0.4, -0.2) is 30.6 Å². The molecule has 0 amide bonds. The first-order chi connectivity index (χ1) is 6.11. The predicted molar refractivity (Wildman–Crippen MR) is 57.7 cm³/mol. The summed E-state index contributed by atoms with van der Waals surface area (Å²) in [4.78, 5) is 2.59. The van der Waals surface area contributed by atoms with Crippen LogP contribution in [-0.2, 0) is 0 Å². The van der Waals surface area contributed by atoms with E-state index in [4.69, 9.17) is 5.73 Å². The topological polar surface area (TPSA) is 29.3 Å². The minimum atomic E-state index is 0.288. The second kappa shape index (κ2) is 4.43. The van der Waals surface area contributed by atoms with E-state index in [0.29, 0.717) is 6.04 Å². The van der Waals surface area contributed by atoms with Crippen molar-refractivity contribution in [1.29, 1.82) is 0 Å². The molecule has 0 saturated carbocycles. The van der Waals surface area contributed by atoms with Crippen LogP contribution in [0.4, 0.5) is 0 Å². The van der Waals surface area contributed by atoms with Gasteiger partial charge in [0.15, 0.2) is 0 Å². The highest BCUT2D eigenvalue weighted by Crippen LogP contribution is 2.31. The van der Waals surface area contributed by atoms with Crippen LogP contribution in [0.15, 0.2) is 0 Å². The molecule has 13 heavy (non-hydrogen) atoms. The molecule has 1 atom stereocenters. The van der Waals surface area contributed by atoms with Gasteiger partial charge < -0.3 is 10.6 Å². The fourth-order valence-electron chi connectivity index (χ4n) is 2.39. The van der Waals surface area contributed by atoms with E-state index in [0.717, 1.165) is 6.54 Å². The quantitative estimate of drug-likeness (QED) is 0.725. The molecule has 0 aromatic rings. The summed E-state index contributed by atoms with van der Waals surface area (Å²) in [6.45, 7) is 10.1. The molecule has 1 fully saturated rings. The summed E-state index contributed by atoms with van der Waals surface area (Å²) >= 11 is 0. The number of likely N-dealkylation sites (tertiary alicyclic amines) is 1. The summed E-state index contributed by atoms with van der Waals surface area (Å²) in [5.74, 6) is 0. The van der Waals surface area contributed by atoms with E-state index in [2.05, 4.69) is 25.7 Å². The van der Waals surface area contributed by atoms with Crippen molar-refractivity contribution in [2.45, 2.75) is 46.1 Å². The van der Waals surface area contributed by atoms with Crippen LogP contribution < -0.4 is 5.73 Å². The highest BCUT2D eigenvalue weighted by Gasteiger charge is 2.33. The first kappa shape index (κ1) is 11.0. The van der Waals surface area contributed by atoms with Crippen LogP contribution in [0.2, 0.25) is 0 Å². The van der Waals surface area contributed by atoms with E-state index in [1.807, 2.05) is 0 Å². The summed E-state index contributed by atoms with van der Waals surface area (Å²) in [7, 11) is 0. The second-order valence-electron chi connectivity index (χ2n) is 4.83. The van der Waals surface area contributed by atoms with Gasteiger partial charge in [-0.05, 0) is 37.9 Å². The van der Waals surface area contributed by atoms with E-state index in [1.54, 1.807) is 0 Å². The van der Waals surface area contributed by atoms with Crippen molar-refractivity contribution in [2.75, 3.05) is 19.6 Å². The van der Waals surface area contributed by atoms with Gasteiger partial charge in [-0.3, -0.25) is 0 Å². The van der Waals surface area contributed by atoms with Gasteiger partial charge in [0.1, 0.15) is 0 Å². The Balaban J connectivity index is 2.63. The van der Waals surface area contributed by atoms with Crippen molar-refractivity contribution in [3.05, 3.63) is 0 Å². The largest absolute Gasteiger partial charge is 0.330 e. The first-order valence-electron chi connectivity index (χ1n) is 5.56. The van der Waals surface area contributed by atoms with Gasteiger partial charge in [0.25, 0.3) is 0 Å². The minimum absolute atomic E-state index is 0.288. The number of rotatable bonds is 3. The molecule has 1 aliphatic rings. The number of piperidine rings is 1. The van der Waals surface area contributed by atoms with Crippen LogP contribution in [0.3, 0.4) is 0 Å². The molecule has 1 unspecified atom stereocenters. The zero-order valence-corrected chi connectivity index (χ0v) is 9.34. The summed E-state index contributed by atoms with van der Waals surface area (Å²) in [6.07, 6.45) is 4.08. The van der Waals surface area contributed by atoms with Crippen molar-refractivity contribution in [3.63, 3.8) is 0 Å². The lowest BCUT2D eigenvalue weighted by Gasteiger charge is -2.44. The van der Waals surface area contributed by atoms with E-state index in [1.165, 1.54) is 32.4 Å². The normalized spacial score (nSPS) is 26.3. The predicted octanol–water partition coefficient (Wildman–Crippen LogP) is 1.85. The minimum Gasteiger partial charge on any atom is -0.330 e. The lowest BCUT2D eigenvalue weighted by Crippen LogP contribution is -2.50. The Morgan fingerprint density at radius 1 is 1.38 bits per heavy atom. The Kier molecular flexibility index (Phi) is 3.74. The number of hydrogen-bond acceptors (Lipinski definition) is 2. The number of nitrogens with two attached hydrogens (primary N) is 1. The summed E-state index contributed by atoms with van der Waals surface area (Å²) in [6, 6.07) is 0.705. The van der Waals surface area contributed by atoms with Crippen molar-refractivity contribution in [2.24, 2.45) is 11.1 Å². The zero-order chi connectivity index (χ0) is 9.90. The summed E-state index contributed by atoms with van der Waals surface area (Å²) in [5.41, 5.74) is 6.12. The van der Waals surface area contributed by atoms with Gasteiger partial charge in [-0.2, -0.15) is 0 Å². The van der Waals surface area contributed by atoms with Gasteiger partial charge >= 0.3 is 0 Å². The molecule has 0 aromatic carbocycles. The van der Waals surface area contributed by atoms with Gasteiger partial charge in [-0.1, -0.05) is 27.2 Å². The molecular formula is C11H24N2. The maximum Gasteiger partial charge on any atom is 0.0158 e. The third-order valence-corrected chi connectivity index (χ3v) is 3.45. The Morgan fingerprint density at radius 3 is 2.62 bits per heavy atom. The molecule has 2 heteroatoms. The zero-order valence-electron chi connectivity index (χ0n) is 9.34. The second-order valence-corrected chi connectivity index (χ2v) is 4.83. The van der Waals surface area contributed by atoms with Crippen LogP contribution in [0.1, 0.15) is 40.0 Å². The monoisotopic (exact) mass is 184 g/mol. The van der Waals surface area contributed by atoms with Gasteiger partial charge in [-0.25, -0.2) is 0 Å². The smallest absolute Gasteiger partial charge is 0.0158 e. The third-order valence-electron chi connectivity index (χ3n) is 3.45. The van der Waals surface area contributed by atoms with Gasteiger partial charge in [0, 0.05) is 6.04 Å². The van der Waals surface area contributed by atoms with E-state index < -0.39 is 0 Å². The van der Waals surface area contributed by atoms with E-state index in [9.17, 15) is 0 Å². The fourth-order valence-corrected chi connectivity index (χ4v) is 2.39. The van der Waals surface area contributed by atoms with E-state index in [-0.39, 0.29) is 5.41 Å². The SMILES string of the molecule is CCN1CCCCC1C(C)(C)CN. The Bertz CT molecular complexity index is 154. The average molecular weight is 184 g/mol.